The predicted octanol–water partition coefficient (Wildman–Crippen LogP) is 2.87. The Morgan fingerprint density at radius 1 is 1.53 bits per heavy atom. The molecule has 1 aromatic rings. The lowest BCUT2D eigenvalue weighted by atomic mass is 9.91. The summed E-state index contributed by atoms with van der Waals surface area (Å²) >= 11 is 9.25. The van der Waals surface area contributed by atoms with E-state index in [1.165, 1.54) is 0 Å². The molecule has 0 aliphatic heterocycles. The maximum absolute atomic E-state index is 12.4. The molecule has 1 N–H and O–H groups in total. The van der Waals surface area contributed by atoms with Crippen LogP contribution in [0, 0.1) is 0 Å². The molecular weight excluding hydrogens is 332 g/mol. The molecule has 2 atom stereocenters. The zero-order valence-electron chi connectivity index (χ0n) is 10.6. The van der Waals surface area contributed by atoms with Crippen LogP contribution in [0.5, 0.6) is 0 Å². The average Bonchev–Trinajstić information content (AvgIpc) is 2.40. The van der Waals surface area contributed by atoms with E-state index in [1.54, 1.807) is 24.2 Å². The highest BCUT2D eigenvalue weighted by atomic mass is 79.9. The second-order valence-electron chi connectivity index (χ2n) is 4.83. The molecule has 0 radical (unpaired) electrons. The van der Waals surface area contributed by atoms with E-state index < -0.39 is 6.10 Å². The summed E-state index contributed by atoms with van der Waals surface area (Å²) < 4.78 is 0.706. The van der Waals surface area contributed by atoms with Crippen LogP contribution in [0.2, 0.25) is 5.15 Å². The lowest BCUT2D eigenvalue weighted by Crippen LogP contribution is -2.46. The highest BCUT2D eigenvalue weighted by molar-refractivity contribution is 9.10. The van der Waals surface area contributed by atoms with E-state index in [0.717, 1.165) is 25.7 Å². The monoisotopic (exact) mass is 346 g/mol. The van der Waals surface area contributed by atoms with Crippen molar-refractivity contribution in [2.75, 3.05) is 7.05 Å². The highest BCUT2D eigenvalue weighted by Crippen LogP contribution is 2.25. The summed E-state index contributed by atoms with van der Waals surface area (Å²) in [5.41, 5.74) is 0.358. The molecule has 104 valence electrons. The number of rotatable bonds is 2. The lowest BCUT2D eigenvalue weighted by Gasteiger charge is -2.35. The minimum atomic E-state index is -0.457. The number of carbonyl (C=O) groups excluding carboxylic acids is 1. The molecule has 6 heteroatoms. The molecule has 2 rings (SSSR count). The van der Waals surface area contributed by atoms with Crippen molar-refractivity contribution in [2.24, 2.45) is 0 Å². The largest absolute Gasteiger partial charge is 0.391 e. The SMILES string of the molecule is CN(C(=O)c1cc(Br)cnc1Cl)C1CCCCC1O. The fourth-order valence-electron chi connectivity index (χ4n) is 2.46. The molecule has 0 bridgehead atoms. The van der Waals surface area contributed by atoms with E-state index in [1.807, 2.05) is 0 Å². The van der Waals surface area contributed by atoms with Crippen molar-refractivity contribution in [1.29, 1.82) is 0 Å². The zero-order valence-corrected chi connectivity index (χ0v) is 13.0. The van der Waals surface area contributed by atoms with E-state index >= 15 is 0 Å². The molecule has 1 saturated carbocycles. The van der Waals surface area contributed by atoms with Crippen LogP contribution in [0.25, 0.3) is 0 Å². The van der Waals surface area contributed by atoms with Gasteiger partial charge in [-0.1, -0.05) is 24.4 Å². The standard InChI is InChI=1S/C13H16BrClN2O2/c1-17(10-4-2-3-5-11(10)18)13(19)9-6-8(14)7-16-12(9)15/h6-7,10-11,18H,2-5H2,1H3. The van der Waals surface area contributed by atoms with Gasteiger partial charge in [-0.05, 0) is 34.8 Å². The number of pyridine rings is 1. The smallest absolute Gasteiger partial charge is 0.257 e. The third-order valence-electron chi connectivity index (χ3n) is 3.55. The van der Waals surface area contributed by atoms with Crippen molar-refractivity contribution in [3.05, 3.63) is 27.5 Å². The molecule has 19 heavy (non-hydrogen) atoms. The van der Waals surface area contributed by atoms with Gasteiger partial charge in [-0.25, -0.2) is 4.98 Å². The first-order valence-electron chi connectivity index (χ1n) is 6.27. The number of amides is 1. The number of aromatic nitrogens is 1. The maximum Gasteiger partial charge on any atom is 0.257 e. The minimum Gasteiger partial charge on any atom is -0.391 e. The van der Waals surface area contributed by atoms with Crippen LogP contribution >= 0.6 is 27.5 Å². The Kier molecular flexibility index (Phi) is 4.81. The van der Waals surface area contributed by atoms with Crippen LogP contribution in [0.3, 0.4) is 0 Å². The van der Waals surface area contributed by atoms with E-state index in [0.29, 0.717) is 10.0 Å². The first kappa shape index (κ1) is 14.8. The number of hydrogen-bond donors (Lipinski definition) is 1. The Balaban J connectivity index is 2.20. The molecule has 1 amide bonds. The van der Waals surface area contributed by atoms with E-state index in [4.69, 9.17) is 11.6 Å². The van der Waals surface area contributed by atoms with Crippen LogP contribution in [0.1, 0.15) is 36.0 Å². The molecular formula is C13H16BrClN2O2. The van der Waals surface area contributed by atoms with Crippen LogP contribution in [-0.4, -0.2) is 40.1 Å². The van der Waals surface area contributed by atoms with Gasteiger partial charge >= 0.3 is 0 Å². The van der Waals surface area contributed by atoms with Gasteiger partial charge in [0.25, 0.3) is 5.91 Å². The fourth-order valence-corrected chi connectivity index (χ4v) is 2.97. The fraction of sp³-hybridized carbons (Fsp3) is 0.538. The molecule has 1 heterocycles. The van der Waals surface area contributed by atoms with Crippen molar-refractivity contribution in [2.45, 2.75) is 37.8 Å². The molecule has 4 nitrogen and oxygen atoms in total. The maximum atomic E-state index is 12.4. The molecule has 1 aliphatic carbocycles. The Morgan fingerprint density at radius 2 is 2.21 bits per heavy atom. The summed E-state index contributed by atoms with van der Waals surface area (Å²) in [6.45, 7) is 0. The molecule has 1 aliphatic rings. The number of nitrogens with zero attached hydrogens (tertiary/aromatic N) is 2. The number of carbonyl (C=O) groups is 1. The van der Waals surface area contributed by atoms with Crippen LogP contribution < -0.4 is 0 Å². The predicted molar refractivity (Wildman–Crippen MR) is 77.3 cm³/mol. The van der Waals surface area contributed by atoms with Gasteiger partial charge in [-0.3, -0.25) is 4.79 Å². The van der Waals surface area contributed by atoms with E-state index in [9.17, 15) is 9.90 Å². The summed E-state index contributed by atoms with van der Waals surface area (Å²) in [5.74, 6) is -0.204. The third-order valence-corrected chi connectivity index (χ3v) is 4.28. The van der Waals surface area contributed by atoms with Gasteiger partial charge in [-0.15, -0.1) is 0 Å². The summed E-state index contributed by atoms with van der Waals surface area (Å²) in [6, 6.07) is 1.51. The van der Waals surface area contributed by atoms with Gasteiger partial charge in [0, 0.05) is 17.7 Å². The lowest BCUT2D eigenvalue weighted by molar-refractivity contribution is 0.0268. The second kappa shape index (κ2) is 6.20. The van der Waals surface area contributed by atoms with Gasteiger partial charge < -0.3 is 10.0 Å². The van der Waals surface area contributed by atoms with E-state index in [-0.39, 0.29) is 17.1 Å². The summed E-state index contributed by atoms with van der Waals surface area (Å²) in [6.07, 6.45) is 4.70. The first-order valence-corrected chi connectivity index (χ1v) is 7.44. The van der Waals surface area contributed by atoms with Gasteiger partial charge in [0.1, 0.15) is 5.15 Å². The number of hydrogen-bond acceptors (Lipinski definition) is 3. The number of likely N-dealkylation sites (N-methyl/N-ethyl adjacent to an activating group) is 1. The van der Waals surface area contributed by atoms with Gasteiger partial charge in [0.2, 0.25) is 0 Å². The molecule has 0 spiro atoms. The second-order valence-corrected chi connectivity index (χ2v) is 6.10. The normalized spacial score (nSPS) is 23.2. The third kappa shape index (κ3) is 3.27. The quantitative estimate of drug-likeness (QED) is 0.837. The zero-order chi connectivity index (χ0) is 14.0. The summed E-state index contributed by atoms with van der Waals surface area (Å²) in [7, 11) is 1.71. The molecule has 0 aromatic carbocycles. The summed E-state index contributed by atoms with van der Waals surface area (Å²) in [5, 5.41) is 10.2. The van der Waals surface area contributed by atoms with Crippen LogP contribution in [-0.2, 0) is 0 Å². The van der Waals surface area contributed by atoms with Crippen molar-refractivity contribution >= 4 is 33.4 Å². The van der Waals surface area contributed by atoms with Gasteiger partial charge in [0.15, 0.2) is 0 Å². The number of aliphatic hydroxyl groups is 1. The number of aliphatic hydroxyl groups excluding tert-OH is 1. The van der Waals surface area contributed by atoms with Gasteiger partial charge in [-0.2, -0.15) is 0 Å². The van der Waals surface area contributed by atoms with Crippen LogP contribution in [0.4, 0.5) is 0 Å². The van der Waals surface area contributed by atoms with Crippen molar-refractivity contribution in [3.63, 3.8) is 0 Å². The average molecular weight is 348 g/mol. The minimum absolute atomic E-state index is 0.142. The number of halogens is 2. The molecule has 1 aromatic heterocycles. The Hall–Kier alpha value is -0.650. The van der Waals surface area contributed by atoms with Crippen molar-refractivity contribution in [3.8, 4) is 0 Å². The molecule has 2 unspecified atom stereocenters. The van der Waals surface area contributed by atoms with Crippen molar-refractivity contribution < 1.29 is 9.90 Å². The summed E-state index contributed by atoms with van der Waals surface area (Å²) in [4.78, 5) is 18.0. The Morgan fingerprint density at radius 3 is 2.89 bits per heavy atom. The topological polar surface area (TPSA) is 53.4 Å². The Bertz CT molecular complexity index is 484. The Labute approximate surface area is 125 Å². The van der Waals surface area contributed by atoms with Gasteiger partial charge in [0.05, 0.1) is 17.7 Å². The highest BCUT2D eigenvalue weighted by Gasteiger charge is 2.30. The van der Waals surface area contributed by atoms with E-state index in [2.05, 4.69) is 20.9 Å². The molecule has 0 saturated heterocycles. The van der Waals surface area contributed by atoms with Crippen molar-refractivity contribution in [1.82, 2.24) is 9.88 Å². The molecule has 1 fully saturated rings. The van der Waals surface area contributed by atoms with Crippen LogP contribution in [0.15, 0.2) is 16.7 Å². The first-order chi connectivity index (χ1) is 9.00.